The van der Waals surface area contributed by atoms with Gasteiger partial charge in [0.15, 0.2) is 0 Å². The minimum Gasteiger partial charge on any atom is -0.321 e. The Morgan fingerprint density at radius 3 is 2.67 bits per heavy atom. The second-order valence-electron chi connectivity index (χ2n) is 7.53. The van der Waals surface area contributed by atoms with Gasteiger partial charge in [-0.15, -0.1) is 0 Å². The molecule has 1 aliphatic carbocycles. The Bertz CT molecular complexity index is 1220. The molecule has 0 unspecified atom stereocenters. The van der Waals surface area contributed by atoms with Crippen molar-refractivity contribution in [2.75, 3.05) is 10.6 Å². The number of nitrogens with one attached hydrogen (secondary N) is 2. The summed E-state index contributed by atoms with van der Waals surface area (Å²) in [5.41, 5.74) is 3.13. The molecule has 7 nitrogen and oxygen atoms in total. The van der Waals surface area contributed by atoms with Crippen LogP contribution in [0.15, 0.2) is 59.9 Å². The summed E-state index contributed by atoms with van der Waals surface area (Å²) in [6.45, 7) is 3.47. The highest BCUT2D eigenvalue weighted by atomic mass is 16.2. The van der Waals surface area contributed by atoms with Gasteiger partial charge in [0.25, 0.3) is 5.91 Å². The predicted octanol–water partition coefficient (Wildman–Crippen LogP) is 4.17. The highest BCUT2D eigenvalue weighted by Crippen LogP contribution is 2.31. The molecule has 1 aromatic carbocycles. The van der Waals surface area contributed by atoms with Crippen molar-refractivity contribution in [2.45, 2.75) is 26.7 Å². The zero-order valence-electron chi connectivity index (χ0n) is 16.8. The molecule has 0 aliphatic heterocycles. The zero-order valence-corrected chi connectivity index (χ0v) is 16.8. The first kappa shape index (κ1) is 19.4. The van der Waals surface area contributed by atoms with Crippen molar-refractivity contribution in [2.24, 2.45) is 5.92 Å². The van der Waals surface area contributed by atoms with Crippen LogP contribution >= 0.6 is 0 Å². The molecule has 4 rings (SSSR count). The molecular weight excluding hydrogens is 378 g/mol. The van der Waals surface area contributed by atoms with Crippen LogP contribution in [0.2, 0.25) is 0 Å². The lowest BCUT2D eigenvalue weighted by Gasteiger charge is -2.10. The molecule has 1 saturated carbocycles. The number of nitriles is 1. The van der Waals surface area contributed by atoms with Gasteiger partial charge in [-0.25, -0.2) is 4.98 Å². The summed E-state index contributed by atoms with van der Waals surface area (Å²) in [5.74, 6) is 0.201. The van der Waals surface area contributed by atoms with Crippen molar-refractivity contribution < 1.29 is 9.59 Å². The monoisotopic (exact) mass is 399 g/mol. The first-order valence-electron chi connectivity index (χ1n) is 9.74. The standard InChI is InChI=1S/C23H21N5O2/c1-14(2)18(13-24)23(30)26-19-4-3-5-20-17(19)9-11-28(20)16-8-10-25-21(12-16)27-22(29)15-6-7-15/h3-5,8-12,15H,6-7H2,1-2H3,(H,26,30)(H,25,27,29). The Hall–Kier alpha value is -3.92. The predicted molar refractivity (Wildman–Crippen MR) is 115 cm³/mol. The first-order valence-corrected chi connectivity index (χ1v) is 9.74. The van der Waals surface area contributed by atoms with Crippen LogP contribution in [0.25, 0.3) is 16.6 Å². The van der Waals surface area contributed by atoms with E-state index in [1.54, 1.807) is 26.1 Å². The fourth-order valence-electron chi connectivity index (χ4n) is 3.29. The molecular formula is C23H21N5O2. The number of carbonyl (C=O) groups excluding carboxylic acids is 2. The molecule has 0 radical (unpaired) electrons. The number of anilines is 2. The molecule has 2 amide bonds. The van der Waals surface area contributed by atoms with Gasteiger partial charge in [0.05, 0.1) is 16.9 Å². The van der Waals surface area contributed by atoms with Crippen LogP contribution in [0.5, 0.6) is 0 Å². The van der Waals surface area contributed by atoms with E-state index in [9.17, 15) is 14.9 Å². The van der Waals surface area contributed by atoms with Gasteiger partial charge >= 0.3 is 0 Å². The highest BCUT2D eigenvalue weighted by Gasteiger charge is 2.29. The van der Waals surface area contributed by atoms with Crippen molar-refractivity contribution in [1.82, 2.24) is 9.55 Å². The topological polar surface area (TPSA) is 99.8 Å². The molecule has 7 heteroatoms. The zero-order chi connectivity index (χ0) is 21.3. The number of nitrogens with zero attached hydrogens (tertiary/aromatic N) is 3. The smallest absolute Gasteiger partial charge is 0.266 e. The summed E-state index contributed by atoms with van der Waals surface area (Å²) in [6.07, 6.45) is 5.42. The van der Waals surface area contributed by atoms with E-state index < -0.39 is 5.91 Å². The summed E-state index contributed by atoms with van der Waals surface area (Å²) < 4.78 is 1.96. The number of amides is 2. The Balaban J connectivity index is 1.65. The van der Waals surface area contributed by atoms with Gasteiger partial charge in [-0.05, 0) is 51.0 Å². The van der Waals surface area contributed by atoms with Gasteiger partial charge in [0.2, 0.25) is 5.91 Å². The van der Waals surface area contributed by atoms with Crippen molar-refractivity contribution in [3.05, 3.63) is 59.9 Å². The second kappa shape index (κ2) is 7.84. The Morgan fingerprint density at radius 2 is 1.97 bits per heavy atom. The number of carbonyl (C=O) groups is 2. The number of hydrogen-bond acceptors (Lipinski definition) is 4. The number of allylic oxidation sites excluding steroid dienone is 1. The van der Waals surface area contributed by atoms with E-state index in [-0.39, 0.29) is 17.4 Å². The van der Waals surface area contributed by atoms with Gasteiger partial charge in [0.1, 0.15) is 17.5 Å². The van der Waals surface area contributed by atoms with E-state index in [2.05, 4.69) is 15.6 Å². The molecule has 1 aliphatic rings. The van der Waals surface area contributed by atoms with Crippen LogP contribution in [0.4, 0.5) is 11.5 Å². The molecule has 150 valence electrons. The maximum atomic E-state index is 12.5. The fourth-order valence-corrected chi connectivity index (χ4v) is 3.29. The summed E-state index contributed by atoms with van der Waals surface area (Å²) in [4.78, 5) is 28.7. The van der Waals surface area contributed by atoms with Crippen LogP contribution in [0, 0.1) is 17.2 Å². The summed E-state index contributed by atoms with van der Waals surface area (Å²) in [5, 5.41) is 15.8. The maximum Gasteiger partial charge on any atom is 0.266 e. The molecule has 0 bridgehead atoms. The number of rotatable bonds is 5. The van der Waals surface area contributed by atoms with Gasteiger partial charge in [-0.3, -0.25) is 9.59 Å². The van der Waals surface area contributed by atoms with Crippen molar-refractivity contribution >= 4 is 34.2 Å². The molecule has 2 N–H and O–H groups in total. The lowest BCUT2D eigenvalue weighted by atomic mass is 10.1. The molecule has 2 heterocycles. The molecule has 3 aromatic rings. The molecule has 30 heavy (non-hydrogen) atoms. The summed E-state index contributed by atoms with van der Waals surface area (Å²) in [6, 6.07) is 13.1. The van der Waals surface area contributed by atoms with Crippen LogP contribution < -0.4 is 10.6 Å². The van der Waals surface area contributed by atoms with Gasteiger partial charge in [-0.2, -0.15) is 5.26 Å². The van der Waals surface area contributed by atoms with Crippen molar-refractivity contribution in [1.29, 1.82) is 5.26 Å². The molecule has 1 fully saturated rings. The third kappa shape index (κ3) is 3.80. The van der Waals surface area contributed by atoms with E-state index in [0.29, 0.717) is 17.1 Å². The average Bonchev–Trinajstić information content (AvgIpc) is 3.48. The van der Waals surface area contributed by atoms with E-state index in [1.165, 1.54) is 0 Å². The maximum absolute atomic E-state index is 12.5. The van der Waals surface area contributed by atoms with Crippen LogP contribution in [0.3, 0.4) is 0 Å². The first-order chi connectivity index (χ1) is 14.5. The van der Waals surface area contributed by atoms with E-state index in [4.69, 9.17) is 0 Å². The number of hydrogen-bond donors (Lipinski definition) is 2. The minimum atomic E-state index is -0.424. The van der Waals surface area contributed by atoms with Crippen LogP contribution in [0.1, 0.15) is 26.7 Å². The van der Waals surface area contributed by atoms with Crippen LogP contribution in [-0.2, 0) is 9.59 Å². The molecule has 0 spiro atoms. The normalized spacial score (nSPS) is 12.8. The summed E-state index contributed by atoms with van der Waals surface area (Å²) in [7, 11) is 0. The summed E-state index contributed by atoms with van der Waals surface area (Å²) >= 11 is 0. The largest absolute Gasteiger partial charge is 0.321 e. The van der Waals surface area contributed by atoms with Gasteiger partial charge in [-0.1, -0.05) is 11.6 Å². The van der Waals surface area contributed by atoms with E-state index in [0.717, 1.165) is 29.4 Å². The lowest BCUT2D eigenvalue weighted by Crippen LogP contribution is -2.14. The fraction of sp³-hybridized carbons (Fsp3) is 0.217. The second-order valence-corrected chi connectivity index (χ2v) is 7.53. The van der Waals surface area contributed by atoms with E-state index in [1.807, 2.05) is 47.2 Å². The quantitative estimate of drug-likeness (QED) is 0.497. The van der Waals surface area contributed by atoms with Crippen LogP contribution in [-0.4, -0.2) is 21.4 Å². The molecule has 0 saturated heterocycles. The SMILES string of the molecule is CC(C)=C(C#N)C(=O)Nc1cccc2c1ccn2-c1ccnc(NC(=O)C2CC2)c1. The van der Waals surface area contributed by atoms with Gasteiger partial charge < -0.3 is 15.2 Å². The molecule has 0 atom stereocenters. The Morgan fingerprint density at radius 1 is 1.17 bits per heavy atom. The van der Waals surface area contributed by atoms with Gasteiger partial charge in [0, 0.05) is 29.8 Å². The Labute approximate surface area is 174 Å². The molecule has 2 aromatic heterocycles. The average molecular weight is 399 g/mol. The third-order valence-corrected chi connectivity index (χ3v) is 5.04. The number of pyridine rings is 1. The number of fused-ring (bicyclic) bond motifs is 1. The van der Waals surface area contributed by atoms with Crippen molar-refractivity contribution in [3.8, 4) is 11.8 Å². The lowest BCUT2D eigenvalue weighted by molar-refractivity contribution is -0.117. The van der Waals surface area contributed by atoms with Crippen molar-refractivity contribution in [3.63, 3.8) is 0 Å². The minimum absolute atomic E-state index is 0.00887. The van der Waals surface area contributed by atoms with E-state index >= 15 is 0 Å². The number of benzene rings is 1. The number of aromatic nitrogens is 2. The Kier molecular flexibility index (Phi) is 5.07. The highest BCUT2D eigenvalue weighted by molar-refractivity contribution is 6.11. The third-order valence-electron chi connectivity index (χ3n) is 5.04.